The van der Waals surface area contributed by atoms with E-state index >= 15 is 0 Å². The second-order valence-electron chi connectivity index (χ2n) is 9.63. The minimum atomic E-state index is -4.08. The maximum Gasteiger partial charge on any atom is 0.264 e. The van der Waals surface area contributed by atoms with Crippen LogP contribution in [0.3, 0.4) is 0 Å². The number of hydrogen-bond acceptors (Lipinski definition) is 7. The summed E-state index contributed by atoms with van der Waals surface area (Å²) in [4.78, 5) is 15.1. The summed E-state index contributed by atoms with van der Waals surface area (Å²) in [7, 11) is -6.47. The van der Waals surface area contributed by atoms with Gasteiger partial charge in [-0.15, -0.1) is 0 Å². The number of hydrogen-bond donors (Lipinski definition) is 3. The Bertz CT molecular complexity index is 1790. The summed E-state index contributed by atoms with van der Waals surface area (Å²) in [5.41, 5.74) is 1.72. The molecule has 1 aliphatic rings. The molecule has 1 heterocycles. The van der Waals surface area contributed by atoms with Gasteiger partial charge in [-0.05, 0) is 79.6 Å². The molecule has 1 saturated heterocycles. The number of nitrogens with one attached hydrogen (secondary N) is 3. The van der Waals surface area contributed by atoms with Gasteiger partial charge in [0.25, 0.3) is 26.0 Å². The fraction of sp³-hybridized carbons (Fsp3) is 0.167. The molecule has 5 rings (SSSR count). The SMILES string of the molecule is COc1ccccc1NS(=O)(=O)c1cc(NC(=O)c2ccc(S(=O)(=O)Nc3ccccc3)cc2)ccc1N1CCCC1. The van der Waals surface area contributed by atoms with Gasteiger partial charge in [0, 0.05) is 30.0 Å². The third kappa shape index (κ3) is 6.50. The first kappa shape index (κ1) is 29.0. The molecular formula is C30H30N4O6S2. The lowest BCUT2D eigenvalue weighted by atomic mass is 10.2. The average Bonchev–Trinajstić information content (AvgIpc) is 3.53. The van der Waals surface area contributed by atoms with E-state index in [4.69, 9.17) is 4.74 Å². The largest absolute Gasteiger partial charge is 0.495 e. The van der Waals surface area contributed by atoms with E-state index in [9.17, 15) is 21.6 Å². The van der Waals surface area contributed by atoms with Gasteiger partial charge in [0.15, 0.2) is 0 Å². The van der Waals surface area contributed by atoms with Crippen LogP contribution < -0.4 is 24.4 Å². The molecule has 0 saturated carbocycles. The third-order valence-electron chi connectivity index (χ3n) is 6.76. The Balaban J connectivity index is 1.39. The molecule has 12 heteroatoms. The fourth-order valence-corrected chi connectivity index (χ4v) is 7.05. The number of benzene rings is 4. The summed E-state index contributed by atoms with van der Waals surface area (Å²) in [5.74, 6) is -0.150. The molecule has 42 heavy (non-hydrogen) atoms. The lowest BCUT2D eigenvalue weighted by Gasteiger charge is -2.23. The van der Waals surface area contributed by atoms with Crippen molar-refractivity contribution in [2.24, 2.45) is 0 Å². The molecule has 3 N–H and O–H groups in total. The van der Waals surface area contributed by atoms with E-state index in [1.54, 1.807) is 66.7 Å². The molecule has 1 aliphatic heterocycles. The Morgan fingerprint density at radius 1 is 0.738 bits per heavy atom. The molecule has 4 aromatic rings. The summed E-state index contributed by atoms with van der Waals surface area (Å²) >= 11 is 0. The molecular weight excluding hydrogens is 576 g/mol. The van der Waals surface area contributed by atoms with E-state index in [1.807, 2.05) is 4.90 Å². The van der Waals surface area contributed by atoms with E-state index in [0.717, 1.165) is 25.9 Å². The van der Waals surface area contributed by atoms with Crippen molar-refractivity contribution < 1.29 is 26.4 Å². The van der Waals surface area contributed by atoms with Crippen LogP contribution in [0.4, 0.5) is 22.7 Å². The van der Waals surface area contributed by atoms with Crippen molar-refractivity contribution in [1.82, 2.24) is 0 Å². The van der Waals surface area contributed by atoms with Crippen LogP contribution in [0.15, 0.2) is 107 Å². The van der Waals surface area contributed by atoms with E-state index in [-0.39, 0.29) is 21.0 Å². The molecule has 0 spiro atoms. The van der Waals surface area contributed by atoms with Crippen molar-refractivity contribution >= 4 is 48.7 Å². The molecule has 218 valence electrons. The highest BCUT2D eigenvalue weighted by molar-refractivity contribution is 7.93. The molecule has 0 unspecified atom stereocenters. The van der Waals surface area contributed by atoms with Gasteiger partial charge in [-0.2, -0.15) is 0 Å². The number of methoxy groups -OCH3 is 1. The van der Waals surface area contributed by atoms with Crippen molar-refractivity contribution in [3.8, 4) is 5.75 Å². The molecule has 0 atom stereocenters. The monoisotopic (exact) mass is 606 g/mol. The standard InChI is InChI=1S/C30H30N4O6S2/c1-40-28-12-6-5-11-26(28)33-42(38,39)29-21-24(15-18-27(29)34-19-7-8-20-34)31-30(35)22-13-16-25(17-14-22)41(36,37)32-23-9-3-2-4-10-23/h2-6,9-18,21,32-33H,7-8,19-20H2,1H3,(H,31,35). The highest BCUT2D eigenvalue weighted by Gasteiger charge is 2.26. The molecule has 1 fully saturated rings. The average molecular weight is 607 g/mol. The predicted molar refractivity (Wildman–Crippen MR) is 163 cm³/mol. The number of anilines is 4. The molecule has 0 aliphatic carbocycles. The number of para-hydroxylation sites is 3. The number of nitrogens with zero attached hydrogens (tertiary/aromatic N) is 1. The molecule has 10 nitrogen and oxygen atoms in total. The van der Waals surface area contributed by atoms with E-state index < -0.39 is 26.0 Å². The second kappa shape index (κ2) is 12.1. The third-order valence-corrected chi connectivity index (χ3v) is 9.55. The smallest absolute Gasteiger partial charge is 0.264 e. The quantitative estimate of drug-likeness (QED) is 0.227. The van der Waals surface area contributed by atoms with Crippen molar-refractivity contribution in [3.63, 3.8) is 0 Å². The van der Waals surface area contributed by atoms with Crippen molar-refractivity contribution in [2.45, 2.75) is 22.6 Å². The van der Waals surface area contributed by atoms with Crippen LogP contribution in [0, 0.1) is 0 Å². The van der Waals surface area contributed by atoms with Gasteiger partial charge < -0.3 is 15.0 Å². The summed E-state index contributed by atoms with van der Waals surface area (Å²) in [6, 6.07) is 25.4. The Hall–Kier alpha value is -4.55. The van der Waals surface area contributed by atoms with Crippen molar-refractivity contribution in [1.29, 1.82) is 0 Å². The van der Waals surface area contributed by atoms with Crippen LogP contribution in [0.25, 0.3) is 0 Å². The first-order valence-corrected chi connectivity index (χ1v) is 16.2. The lowest BCUT2D eigenvalue weighted by Crippen LogP contribution is -2.23. The van der Waals surface area contributed by atoms with Gasteiger partial charge in [0.2, 0.25) is 0 Å². The lowest BCUT2D eigenvalue weighted by molar-refractivity contribution is 0.102. The number of carbonyl (C=O) groups excluding carboxylic acids is 1. The Morgan fingerprint density at radius 2 is 1.40 bits per heavy atom. The predicted octanol–water partition coefficient (Wildman–Crippen LogP) is 5.15. The number of ether oxygens (including phenoxy) is 1. The Labute approximate surface area is 245 Å². The van der Waals surface area contributed by atoms with Gasteiger partial charge in [-0.3, -0.25) is 14.2 Å². The van der Waals surface area contributed by atoms with Crippen LogP contribution in [0.2, 0.25) is 0 Å². The highest BCUT2D eigenvalue weighted by Crippen LogP contribution is 2.34. The van der Waals surface area contributed by atoms with Gasteiger partial charge in [-0.25, -0.2) is 16.8 Å². The minimum Gasteiger partial charge on any atom is -0.495 e. The molecule has 4 aromatic carbocycles. The normalized spacial score (nSPS) is 13.4. The number of carbonyl (C=O) groups is 1. The fourth-order valence-electron chi connectivity index (χ4n) is 4.66. The van der Waals surface area contributed by atoms with Crippen LogP contribution in [0.1, 0.15) is 23.2 Å². The van der Waals surface area contributed by atoms with Crippen LogP contribution in [-0.2, 0) is 20.0 Å². The first-order valence-electron chi connectivity index (χ1n) is 13.2. The van der Waals surface area contributed by atoms with E-state index in [0.29, 0.717) is 22.8 Å². The van der Waals surface area contributed by atoms with Gasteiger partial charge in [0.05, 0.1) is 23.4 Å². The number of amides is 1. The summed E-state index contributed by atoms with van der Waals surface area (Å²) in [6.45, 7) is 1.44. The zero-order chi connectivity index (χ0) is 29.7. The van der Waals surface area contributed by atoms with Crippen LogP contribution in [0.5, 0.6) is 5.75 Å². The maximum atomic E-state index is 13.6. The van der Waals surface area contributed by atoms with Crippen LogP contribution in [-0.4, -0.2) is 42.9 Å². The highest BCUT2D eigenvalue weighted by atomic mass is 32.2. The summed E-state index contributed by atoms with van der Waals surface area (Å²) in [6.07, 6.45) is 1.90. The van der Waals surface area contributed by atoms with Gasteiger partial charge in [-0.1, -0.05) is 30.3 Å². The summed E-state index contributed by atoms with van der Waals surface area (Å²) < 4.78 is 63.2. The first-order chi connectivity index (χ1) is 20.2. The molecule has 0 aromatic heterocycles. The number of rotatable bonds is 10. The van der Waals surface area contributed by atoms with Crippen molar-refractivity contribution in [2.75, 3.05) is 39.9 Å². The molecule has 0 bridgehead atoms. The summed E-state index contributed by atoms with van der Waals surface area (Å²) in [5, 5.41) is 2.73. The van der Waals surface area contributed by atoms with Crippen LogP contribution >= 0.6 is 0 Å². The zero-order valence-corrected chi connectivity index (χ0v) is 24.4. The Morgan fingerprint density at radius 3 is 2.10 bits per heavy atom. The van der Waals surface area contributed by atoms with Crippen molar-refractivity contribution in [3.05, 3.63) is 103 Å². The molecule has 0 radical (unpaired) electrons. The van der Waals surface area contributed by atoms with E-state index in [1.165, 1.54) is 37.4 Å². The van der Waals surface area contributed by atoms with Gasteiger partial charge >= 0.3 is 0 Å². The van der Waals surface area contributed by atoms with E-state index in [2.05, 4.69) is 14.8 Å². The molecule has 1 amide bonds. The zero-order valence-electron chi connectivity index (χ0n) is 22.8. The van der Waals surface area contributed by atoms with Gasteiger partial charge in [0.1, 0.15) is 10.6 Å². The minimum absolute atomic E-state index is 0.00587. The second-order valence-corrected chi connectivity index (χ2v) is 13.0. The maximum absolute atomic E-state index is 13.6. The number of sulfonamides is 2. The topological polar surface area (TPSA) is 134 Å². The Kier molecular flexibility index (Phi) is 8.36.